The van der Waals surface area contributed by atoms with Crippen molar-refractivity contribution in [3.05, 3.63) is 72.9 Å². The van der Waals surface area contributed by atoms with Gasteiger partial charge in [-0.05, 0) is 83.5 Å². The summed E-state index contributed by atoms with van der Waals surface area (Å²) < 4.78 is 28.2. The maximum absolute atomic E-state index is 13.0. The highest BCUT2D eigenvalue weighted by atomic mass is 16.7. The molecule has 1 fully saturated rings. The monoisotopic (exact) mass is 943 g/mol. The number of carboxylic acids is 1. The molecule has 0 amide bonds. The number of hydrogen-bond donors (Lipinski definition) is 3. The van der Waals surface area contributed by atoms with Gasteiger partial charge in [-0.25, -0.2) is 4.79 Å². The predicted molar refractivity (Wildman–Crippen MR) is 266 cm³/mol. The van der Waals surface area contributed by atoms with Crippen LogP contribution in [0.1, 0.15) is 201 Å². The lowest BCUT2D eigenvalue weighted by Crippen LogP contribution is -2.61. The van der Waals surface area contributed by atoms with Gasteiger partial charge in [0.25, 0.3) is 0 Å². The average molecular weight is 943 g/mol. The van der Waals surface area contributed by atoms with Gasteiger partial charge in [0.05, 0.1) is 6.61 Å². The zero-order valence-corrected chi connectivity index (χ0v) is 41.6. The number of esters is 3. The zero-order valence-electron chi connectivity index (χ0n) is 41.6. The lowest BCUT2D eigenvalue weighted by molar-refractivity contribution is -0.301. The Morgan fingerprint density at radius 1 is 0.507 bits per heavy atom. The van der Waals surface area contributed by atoms with Crippen LogP contribution < -0.4 is 0 Å². The first-order valence-electron chi connectivity index (χ1n) is 25.9. The SMILES string of the molecule is CC/C=C\C/C=C\C/C=C\CCCCCCCC(=O)OC1C(OCC(COC(=O)CCCCC/C=C\C/C=C\C/C=C\CC)OC(=O)CCCCCCCCCCC)OC(C(=O)O)C(O)C1O. The van der Waals surface area contributed by atoms with Gasteiger partial charge in [0.15, 0.2) is 24.6 Å². The van der Waals surface area contributed by atoms with E-state index in [2.05, 4.69) is 93.7 Å². The van der Waals surface area contributed by atoms with Gasteiger partial charge in [-0.2, -0.15) is 0 Å². The van der Waals surface area contributed by atoms with Gasteiger partial charge in [-0.1, -0.05) is 171 Å². The van der Waals surface area contributed by atoms with E-state index in [4.69, 9.17) is 23.7 Å². The first-order valence-corrected chi connectivity index (χ1v) is 25.9. The molecule has 0 aromatic rings. The minimum atomic E-state index is -1.91. The van der Waals surface area contributed by atoms with E-state index in [1.165, 1.54) is 32.1 Å². The largest absolute Gasteiger partial charge is 0.479 e. The van der Waals surface area contributed by atoms with Crippen molar-refractivity contribution in [1.29, 1.82) is 0 Å². The molecule has 1 aliphatic heterocycles. The molecule has 0 bridgehead atoms. The molecule has 1 heterocycles. The number of hydrogen-bond acceptors (Lipinski definition) is 11. The zero-order chi connectivity index (χ0) is 49.0. The molecule has 12 nitrogen and oxygen atoms in total. The van der Waals surface area contributed by atoms with Crippen molar-refractivity contribution in [2.75, 3.05) is 13.2 Å². The number of carbonyl (C=O) groups is 4. The molecule has 0 aliphatic carbocycles. The number of aliphatic hydroxyl groups is 2. The van der Waals surface area contributed by atoms with Gasteiger partial charge < -0.3 is 39.0 Å². The van der Waals surface area contributed by atoms with E-state index in [1.54, 1.807) is 0 Å². The molecule has 6 atom stereocenters. The highest BCUT2D eigenvalue weighted by Gasteiger charge is 2.50. The number of aliphatic carboxylic acids is 1. The van der Waals surface area contributed by atoms with Crippen molar-refractivity contribution in [2.24, 2.45) is 0 Å². The van der Waals surface area contributed by atoms with Crippen molar-refractivity contribution < 1.29 is 58.2 Å². The number of allylic oxidation sites excluding steroid dienone is 12. The van der Waals surface area contributed by atoms with Gasteiger partial charge in [0.2, 0.25) is 0 Å². The summed E-state index contributed by atoms with van der Waals surface area (Å²) in [6, 6.07) is 0. The van der Waals surface area contributed by atoms with Crippen molar-refractivity contribution in [3.63, 3.8) is 0 Å². The van der Waals surface area contributed by atoms with E-state index in [1.807, 2.05) is 0 Å². The molecule has 3 N–H and O–H groups in total. The van der Waals surface area contributed by atoms with E-state index in [9.17, 15) is 34.5 Å². The Balaban J connectivity index is 2.74. The Labute approximate surface area is 404 Å². The fraction of sp³-hybridized carbons (Fsp3) is 0.709. The van der Waals surface area contributed by atoms with Crippen LogP contribution in [0.5, 0.6) is 0 Å². The smallest absolute Gasteiger partial charge is 0.335 e. The van der Waals surface area contributed by atoms with Crippen LogP contribution >= 0.6 is 0 Å². The van der Waals surface area contributed by atoms with E-state index in [0.717, 1.165) is 109 Å². The average Bonchev–Trinajstić information content (AvgIpc) is 3.31. The molecular weight excluding hydrogens is 853 g/mol. The third-order valence-corrected chi connectivity index (χ3v) is 11.3. The van der Waals surface area contributed by atoms with E-state index < -0.39 is 67.3 Å². The topological polar surface area (TPSA) is 175 Å². The Morgan fingerprint density at radius 3 is 1.45 bits per heavy atom. The van der Waals surface area contributed by atoms with Crippen LogP contribution in [0.2, 0.25) is 0 Å². The Hall–Kier alpha value is -3.84. The number of carbonyl (C=O) groups excluding carboxylic acids is 3. The van der Waals surface area contributed by atoms with Crippen LogP contribution in [-0.2, 0) is 42.9 Å². The van der Waals surface area contributed by atoms with Crippen LogP contribution in [0.25, 0.3) is 0 Å². The Morgan fingerprint density at radius 2 is 0.940 bits per heavy atom. The first kappa shape index (κ1) is 61.2. The fourth-order valence-corrected chi connectivity index (χ4v) is 7.34. The lowest BCUT2D eigenvalue weighted by atomic mass is 9.98. The highest BCUT2D eigenvalue weighted by molar-refractivity contribution is 5.74. The summed E-state index contributed by atoms with van der Waals surface area (Å²) in [6.45, 7) is 5.67. The second-order valence-electron chi connectivity index (χ2n) is 17.4. The molecule has 0 aromatic heterocycles. The fourth-order valence-electron chi connectivity index (χ4n) is 7.34. The third kappa shape index (κ3) is 34.2. The number of unbranched alkanes of at least 4 members (excludes halogenated alkanes) is 16. The third-order valence-electron chi connectivity index (χ3n) is 11.3. The number of rotatable bonds is 42. The van der Waals surface area contributed by atoms with Gasteiger partial charge in [0, 0.05) is 19.3 Å². The number of aliphatic hydroxyl groups excluding tert-OH is 2. The van der Waals surface area contributed by atoms with Crippen molar-refractivity contribution in [1.82, 2.24) is 0 Å². The minimum Gasteiger partial charge on any atom is -0.479 e. The molecule has 0 radical (unpaired) electrons. The molecule has 0 aromatic carbocycles. The van der Waals surface area contributed by atoms with E-state index >= 15 is 0 Å². The quantitative estimate of drug-likeness (QED) is 0.0229. The predicted octanol–water partition coefficient (Wildman–Crippen LogP) is 12.2. The molecular formula is C55H90O12. The van der Waals surface area contributed by atoms with Gasteiger partial charge in [0.1, 0.15) is 18.8 Å². The van der Waals surface area contributed by atoms with Gasteiger partial charge in [-0.3, -0.25) is 14.4 Å². The van der Waals surface area contributed by atoms with Crippen LogP contribution in [0.15, 0.2) is 72.9 Å². The summed E-state index contributed by atoms with van der Waals surface area (Å²) in [5, 5.41) is 31.3. The standard InChI is InChI=1S/C55H90O12/c1-4-7-10-13-16-19-21-23-24-26-28-31-34-37-40-43-49(58)66-53-51(60)50(59)52(54(61)62)67-55(53)64-45-46(65-48(57)42-39-36-33-29-18-15-12-9-6-3)44-63-47(56)41-38-35-32-30-27-25-22-20-17-14-11-8-5-2/h7-8,10-11,16-17,19-20,23-25,27,46,50-53,55,59-60H,4-6,9,12-15,18,21-22,26,28-45H2,1-3H3,(H,61,62)/b10-7-,11-8-,19-16-,20-17-,24-23-,27-25-. The molecule has 12 heteroatoms. The first-order chi connectivity index (χ1) is 32.6. The summed E-state index contributed by atoms with van der Waals surface area (Å²) >= 11 is 0. The molecule has 6 unspecified atom stereocenters. The number of ether oxygens (including phenoxy) is 5. The summed E-state index contributed by atoms with van der Waals surface area (Å²) in [7, 11) is 0. The van der Waals surface area contributed by atoms with Crippen LogP contribution in [-0.4, -0.2) is 89.2 Å². The van der Waals surface area contributed by atoms with E-state index in [-0.39, 0.29) is 25.9 Å². The van der Waals surface area contributed by atoms with Crippen molar-refractivity contribution in [2.45, 2.75) is 237 Å². The maximum atomic E-state index is 13.0. The normalized spacial score (nSPS) is 19.4. The second kappa shape index (κ2) is 43.4. The summed E-state index contributed by atoms with van der Waals surface area (Å²) in [5.41, 5.74) is 0. The maximum Gasteiger partial charge on any atom is 0.335 e. The molecule has 1 saturated heterocycles. The molecule has 382 valence electrons. The molecule has 0 spiro atoms. The van der Waals surface area contributed by atoms with Crippen LogP contribution in [0.3, 0.4) is 0 Å². The second-order valence-corrected chi connectivity index (χ2v) is 17.4. The molecule has 67 heavy (non-hydrogen) atoms. The minimum absolute atomic E-state index is 0.0366. The summed E-state index contributed by atoms with van der Waals surface area (Å²) in [6.07, 6.45) is 40.5. The van der Waals surface area contributed by atoms with Gasteiger partial charge >= 0.3 is 23.9 Å². The molecule has 1 rings (SSSR count). The Bertz CT molecular complexity index is 1450. The van der Waals surface area contributed by atoms with Crippen LogP contribution in [0.4, 0.5) is 0 Å². The molecule has 1 aliphatic rings. The van der Waals surface area contributed by atoms with Crippen molar-refractivity contribution >= 4 is 23.9 Å². The lowest BCUT2D eigenvalue weighted by Gasteiger charge is -2.40. The molecule has 0 saturated carbocycles. The van der Waals surface area contributed by atoms with Crippen molar-refractivity contribution in [3.8, 4) is 0 Å². The summed E-state index contributed by atoms with van der Waals surface area (Å²) in [4.78, 5) is 50.7. The van der Waals surface area contributed by atoms with E-state index in [0.29, 0.717) is 19.3 Å². The van der Waals surface area contributed by atoms with Gasteiger partial charge in [-0.15, -0.1) is 0 Å². The number of carboxylic acid groups (broad SMARTS) is 1. The summed E-state index contributed by atoms with van der Waals surface area (Å²) in [5.74, 6) is -3.19. The van der Waals surface area contributed by atoms with Crippen LogP contribution in [0, 0.1) is 0 Å². The highest BCUT2D eigenvalue weighted by Crippen LogP contribution is 2.26. The Kier molecular flexibility index (Phi) is 39.7.